The molecule has 0 bridgehead atoms. The Balaban J connectivity index is 0.000000191. The SMILES string of the molecule is CO/N=C(/c1ccccc1)c1ccc(C)cc1.CO/N=C(/c1ccccc1)c1ccc(C)cc1. The van der Waals surface area contributed by atoms with Crippen molar-refractivity contribution in [2.24, 2.45) is 10.3 Å². The van der Waals surface area contributed by atoms with Crippen molar-refractivity contribution in [3.63, 3.8) is 0 Å². The highest BCUT2D eigenvalue weighted by Crippen LogP contribution is 2.13. The molecule has 0 spiro atoms. The van der Waals surface area contributed by atoms with Gasteiger partial charge in [-0.2, -0.15) is 0 Å². The topological polar surface area (TPSA) is 43.2 Å². The van der Waals surface area contributed by atoms with Crippen molar-refractivity contribution >= 4 is 11.4 Å². The molecule has 0 unspecified atom stereocenters. The minimum Gasteiger partial charge on any atom is -0.399 e. The van der Waals surface area contributed by atoms with Crippen LogP contribution in [0, 0.1) is 13.8 Å². The molecule has 172 valence electrons. The van der Waals surface area contributed by atoms with Crippen molar-refractivity contribution in [2.45, 2.75) is 13.8 Å². The minimum absolute atomic E-state index is 0.855. The van der Waals surface area contributed by atoms with Crippen LogP contribution in [0.2, 0.25) is 0 Å². The Labute approximate surface area is 202 Å². The van der Waals surface area contributed by atoms with Gasteiger partial charge in [0.15, 0.2) is 0 Å². The molecule has 0 heterocycles. The second kappa shape index (κ2) is 12.8. The largest absolute Gasteiger partial charge is 0.399 e. The van der Waals surface area contributed by atoms with Gasteiger partial charge in [0, 0.05) is 22.3 Å². The molecule has 0 saturated heterocycles. The summed E-state index contributed by atoms with van der Waals surface area (Å²) in [5.41, 5.74) is 8.40. The summed E-state index contributed by atoms with van der Waals surface area (Å²) in [4.78, 5) is 9.86. The molecule has 0 amide bonds. The summed E-state index contributed by atoms with van der Waals surface area (Å²) in [5, 5.41) is 8.22. The minimum atomic E-state index is 0.855. The lowest BCUT2D eigenvalue weighted by atomic mass is 10.0. The molecule has 0 aliphatic carbocycles. The highest BCUT2D eigenvalue weighted by molar-refractivity contribution is 6.13. The number of nitrogens with zero attached hydrogens (tertiary/aromatic N) is 2. The maximum Gasteiger partial charge on any atom is 0.117 e. The monoisotopic (exact) mass is 450 g/mol. The van der Waals surface area contributed by atoms with E-state index in [4.69, 9.17) is 9.68 Å². The molecule has 4 nitrogen and oxygen atoms in total. The van der Waals surface area contributed by atoms with E-state index in [2.05, 4.69) is 72.7 Å². The van der Waals surface area contributed by atoms with Crippen molar-refractivity contribution in [1.29, 1.82) is 0 Å². The third-order valence-electron chi connectivity index (χ3n) is 5.11. The van der Waals surface area contributed by atoms with Crippen LogP contribution in [0.25, 0.3) is 0 Å². The number of aryl methyl sites for hydroxylation is 2. The quantitative estimate of drug-likeness (QED) is 0.240. The second-order valence-electron chi connectivity index (χ2n) is 7.71. The predicted molar refractivity (Wildman–Crippen MR) is 141 cm³/mol. The van der Waals surface area contributed by atoms with E-state index >= 15 is 0 Å². The van der Waals surface area contributed by atoms with Gasteiger partial charge in [0.05, 0.1) is 0 Å². The first-order chi connectivity index (χ1) is 16.6. The van der Waals surface area contributed by atoms with Gasteiger partial charge in [0.25, 0.3) is 0 Å². The Bertz CT molecular complexity index is 1100. The lowest BCUT2D eigenvalue weighted by Gasteiger charge is -2.06. The van der Waals surface area contributed by atoms with E-state index in [-0.39, 0.29) is 0 Å². The van der Waals surface area contributed by atoms with Crippen molar-refractivity contribution < 1.29 is 9.68 Å². The summed E-state index contributed by atoms with van der Waals surface area (Å²) >= 11 is 0. The molecule has 0 N–H and O–H groups in total. The highest BCUT2D eigenvalue weighted by atomic mass is 16.6. The molecular weight excluding hydrogens is 420 g/mol. The Morgan fingerprint density at radius 1 is 0.441 bits per heavy atom. The van der Waals surface area contributed by atoms with Gasteiger partial charge in [-0.25, -0.2) is 0 Å². The van der Waals surface area contributed by atoms with Crippen LogP contribution in [0.1, 0.15) is 33.4 Å². The summed E-state index contributed by atoms with van der Waals surface area (Å²) in [5.74, 6) is 0. The van der Waals surface area contributed by atoms with Crippen LogP contribution in [0.15, 0.2) is 120 Å². The van der Waals surface area contributed by atoms with Crippen LogP contribution < -0.4 is 0 Å². The van der Waals surface area contributed by atoms with Crippen molar-refractivity contribution in [1.82, 2.24) is 0 Å². The van der Waals surface area contributed by atoms with E-state index in [1.807, 2.05) is 60.7 Å². The van der Waals surface area contributed by atoms with Gasteiger partial charge in [-0.3, -0.25) is 0 Å². The number of oxime groups is 2. The first kappa shape index (κ1) is 24.5. The fourth-order valence-corrected chi connectivity index (χ4v) is 3.34. The highest BCUT2D eigenvalue weighted by Gasteiger charge is 2.07. The molecule has 0 aliphatic heterocycles. The Kier molecular flexibility index (Phi) is 9.18. The van der Waals surface area contributed by atoms with E-state index in [9.17, 15) is 0 Å². The van der Waals surface area contributed by atoms with Crippen LogP contribution in [-0.2, 0) is 9.68 Å². The number of hydrogen-bond donors (Lipinski definition) is 0. The zero-order valence-corrected chi connectivity index (χ0v) is 20.1. The zero-order chi connectivity index (χ0) is 24.2. The molecule has 34 heavy (non-hydrogen) atoms. The summed E-state index contributed by atoms with van der Waals surface area (Å²) in [7, 11) is 3.13. The Morgan fingerprint density at radius 3 is 1.03 bits per heavy atom. The maximum absolute atomic E-state index is 4.93. The average molecular weight is 451 g/mol. The van der Waals surface area contributed by atoms with E-state index in [0.717, 1.165) is 33.7 Å². The number of benzene rings is 4. The second-order valence-corrected chi connectivity index (χ2v) is 7.71. The van der Waals surface area contributed by atoms with Crippen molar-refractivity contribution in [2.75, 3.05) is 14.2 Å². The molecule has 0 radical (unpaired) electrons. The van der Waals surface area contributed by atoms with Gasteiger partial charge in [0.2, 0.25) is 0 Å². The molecule has 0 saturated carbocycles. The van der Waals surface area contributed by atoms with Gasteiger partial charge in [-0.05, 0) is 13.8 Å². The average Bonchev–Trinajstić information content (AvgIpc) is 2.89. The third kappa shape index (κ3) is 6.91. The molecule has 0 aromatic heterocycles. The predicted octanol–water partition coefficient (Wildman–Crippen LogP) is 6.79. The summed E-state index contributed by atoms with van der Waals surface area (Å²) in [6.45, 7) is 4.14. The van der Waals surface area contributed by atoms with E-state index in [1.165, 1.54) is 11.1 Å². The first-order valence-corrected chi connectivity index (χ1v) is 11.1. The van der Waals surface area contributed by atoms with Gasteiger partial charge in [-0.1, -0.05) is 131 Å². The molecule has 4 aromatic carbocycles. The summed E-state index contributed by atoms with van der Waals surface area (Å²) < 4.78 is 0. The molecule has 4 heteroatoms. The van der Waals surface area contributed by atoms with E-state index in [1.54, 1.807) is 14.2 Å². The van der Waals surface area contributed by atoms with Crippen molar-refractivity contribution in [3.05, 3.63) is 143 Å². The fraction of sp³-hybridized carbons (Fsp3) is 0.133. The van der Waals surface area contributed by atoms with E-state index < -0.39 is 0 Å². The van der Waals surface area contributed by atoms with Crippen molar-refractivity contribution in [3.8, 4) is 0 Å². The van der Waals surface area contributed by atoms with E-state index in [0.29, 0.717) is 0 Å². The van der Waals surface area contributed by atoms with Crippen LogP contribution in [-0.4, -0.2) is 25.6 Å². The lowest BCUT2D eigenvalue weighted by Crippen LogP contribution is -2.03. The third-order valence-corrected chi connectivity index (χ3v) is 5.11. The molecule has 0 aliphatic rings. The first-order valence-electron chi connectivity index (χ1n) is 11.1. The summed E-state index contributed by atoms with van der Waals surface area (Å²) in [6, 6.07) is 36.6. The van der Waals surface area contributed by atoms with Gasteiger partial charge < -0.3 is 9.68 Å². The molecule has 0 fully saturated rings. The standard InChI is InChI=1S/2C15H15NO/c2*1-12-8-10-14(11-9-12)15(16-17-2)13-6-4-3-5-7-13/h2*3-11H,1-2H3/b2*16-15-. The van der Waals surface area contributed by atoms with Gasteiger partial charge >= 0.3 is 0 Å². The Hall–Kier alpha value is -4.18. The zero-order valence-electron chi connectivity index (χ0n) is 20.1. The summed E-state index contributed by atoms with van der Waals surface area (Å²) in [6.07, 6.45) is 0. The van der Waals surface area contributed by atoms with Crippen LogP contribution in [0.3, 0.4) is 0 Å². The Morgan fingerprint density at radius 2 is 0.735 bits per heavy atom. The van der Waals surface area contributed by atoms with Crippen LogP contribution in [0.5, 0.6) is 0 Å². The van der Waals surface area contributed by atoms with Gasteiger partial charge in [-0.15, -0.1) is 0 Å². The smallest absolute Gasteiger partial charge is 0.117 e. The molecule has 4 rings (SSSR count). The normalized spacial score (nSPS) is 11.3. The molecule has 4 aromatic rings. The molecule has 0 atom stereocenters. The fourth-order valence-electron chi connectivity index (χ4n) is 3.34. The van der Waals surface area contributed by atoms with Gasteiger partial charge in [0.1, 0.15) is 25.6 Å². The van der Waals surface area contributed by atoms with Crippen LogP contribution in [0.4, 0.5) is 0 Å². The lowest BCUT2D eigenvalue weighted by molar-refractivity contribution is 0.214. The molecular formula is C30H30N2O2. The van der Waals surface area contributed by atoms with Crippen LogP contribution >= 0.6 is 0 Å². The maximum atomic E-state index is 4.93. The number of hydrogen-bond acceptors (Lipinski definition) is 4. The number of rotatable bonds is 6.